The molecule has 1 saturated carbocycles. The lowest BCUT2D eigenvalue weighted by Crippen LogP contribution is -2.22. The number of carbonyl (C=O) groups is 1. The molecule has 1 N–H and O–H groups in total. The van der Waals surface area contributed by atoms with E-state index in [9.17, 15) is 18.8 Å². The monoisotopic (exact) mass is 457 g/mol. The van der Waals surface area contributed by atoms with Gasteiger partial charge in [0.15, 0.2) is 6.10 Å². The Morgan fingerprint density at radius 1 is 1.38 bits per heavy atom. The van der Waals surface area contributed by atoms with Crippen molar-refractivity contribution in [2.75, 3.05) is 24.2 Å². The fraction of sp³-hybridized carbons (Fsp3) is 0.348. The Morgan fingerprint density at radius 2 is 2.16 bits per heavy atom. The molecule has 0 aromatic heterocycles. The van der Waals surface area contributed by atoms with Crippen LogP contribution in [0.1, 0.15) is 34.6 Å². The van der Waals surface area contributed by atoms with Crippen molar-refractivity contribution in [2.24, 2.45) is 11.0 Å². The average Bonchev–Trinajstić information content (AvgIpc) is 3.47. The van der Waals surface area contributed by atoms with Crippen LogP contribution in [-0.2, 0) is 4.79 Å². The van der Waals surface area contributed by atoms with Crippen LogP contribution in [0.4, 0.5) is 14.5 Å². The van der Waals surface area contributed by atoms with E-state index in [1.54, 1.807) is 17.1 Å². The van der Waals surface area contributed by atoms with Crippen LogP contribution in [0.3, 0.4) is 0 Å². The molecule has 0 bridgehead atoms. The van der Waals surface area contributed by atoms with Crippen LogP contribution in [0, 0.1) is 24.2 Å². The molecule has 1 heterocycles. The Hall–Kier alpha value is -3.12. The Labute approximate surface area is 188 Å². The second-order valence-electron chi connectivity index (χ2n) is 7.75. The van der Waals surface area contributed by atoms with E-state index in [4.69, 9.17) is 9.84 Å². The van der Waals surface area contributed by atoms with Crippen LogP contribution >= 0.6 is 11.8 Å². The van der Waals surface area contributed by atoms with E-state index < -0.39 is 25.4 Å². The summed E-state index contributed by atoms with van der Waals surface area (Å²) >= 11 is 1.51. The third-order valence-electron chi connectivity index (χ3n) is 5.58. The Bertz CT molecular complexity index is 1110. The van der Waals surface area contributed by atoms with Crippen LogP contribution in [0.5, 0.6) is 5.75 Å². The van der Waals surface area contributed by atoms with Crippen LogP contribution < -0.4 is 9.75 Å². The van der Waals surface area contributed by atoms with Gasteiger partial charge in [-0.15, -0.1) is 0 Å². The molecule has 9 heteroatoms. The van der Waals surface area contributed by atoms with E-state index in [1.807, 2.05) is 25.1 Å². The first-order valence-corrected chi connectivity index (χ1v) is 11.1. The zero-order chi connectivity index (χ0) is 22.8. The molecule has 0 amide bonds. The first-order valence-electron chi connectivity index (χ1n) is 10.1. The zero-order valence-corrected chi connectivity index (χ0v) is 18.1. The molecular weight excluding hydrogens is 436 g/mol. The maximum Gasteiger partial charge on any atom is 0.307 e. The molecule has 0 saturated heterocycles. The first kappa shape index (κ1) is 22.1. The number of benzene rings is 2. The summed E-state index contributed by atoms with van der Waals surface area (Å²) in [7, 11) is 0. The maximum absolute atomic E-state index is 12.9. The highest BCUT2D eigenvalue weighted by Crippen LogP contribution is 2.48. The fourth-order valence-corrected chi connectivity index (χ4v) is 4.75. The molecular formula is C23H21F2N3O3S. The van der Waals surface area contributed by atoms with Gasteiger partial charge in [0, 0.05) is 5.56 Å². The lowest BCUT2D eigenvalue weighted by Gasteiger charge is -2.19. The average molecular weight is 458 g/mol. The number of anilines is 1. The minimum Gasteiger partial charge on any atom is -0.483 e. The highest BCUT2D eigenvalue weighted by atomic mass is 32.2. The number of hydrogen-bond donors (Lipinski definition) is 1. The number of ether oxygens (including phenoxy) is 1. The van der Waals surface area contributed by atoms with Crippen molar-refractivity contribution in [3.63, 3.8) is 0 Å². The predicted molar refractivity (Wildman–Crippen MR) is 119 cm³/mol. The zero-order valence-electron chi connectivity index (χ0n) is 17.3. The Balaban J connectivity index is 1.58. The molecule has 1 fully saturated rings. The van der Waals surface area contributed by atoms with Gasteiger partial charge in [-0.3, -0.25) is 9.80 Å². The number of hydrazone groups is 1. The van der Waals surface area contributed by atoms with E-state index >= 15 is 0 Å². The summed E-state index contributed by atoms with van der Waals surface area (Å²) in [4.78, 5) is 11.1. The van der Waals surface area contributed by atoms with Gasteiger partial charge in [0.25, 0.3) is 0 Å². The topological polar surface area (TPSA) is 85.9 Å². The van der Waals surface area contributed by atoms with Gasteiger partial charge in [-0.1, -0.05) is 36.0 Å². The number of thioether (sulfide) groups is 1. The SMILES string of the molecule is Cc1cc(C2CC2C(=O)O)ccc1C1=NN(c2cccc(OC(CF)CF)c2C#N)CS1. The highest BCUT2D eigenvalue weighted by molar-refractivity contribution is 8.14. The van der Waals surface area contributed by atoms with Crippen molar-refractivity contribution in [2.45, 2.75) is 25.4 Å². The molecule has 2 aromatic carbocycles. The number of carboxylic acids is 1. The Morgan fingerprint density at radius 3 is 2.78 bits per heavy atom. The number of aliphatic carboxylic acids is 1. The van der Waals surface area contributed by atoms with E-state index in [2.05, 4.69) is 11.2 Å². The normalized spacial score (nSPS) is 19.6. The van der Waals surface area contributed by atoms with Crippen molar-refractivity contribution in [1.29, 1.82) is 5.26 Å². The van der Waals surface area contributed by atoms with Crippen molar-refractivity contribution >= 4 is 28.5 Å². The van der Waals surface area contributed by atoms with Crippen molar-refractivity contribution in [3.8, 4) is 11.8 Å². The lowest BCUT2D eigenvalue weighted by molar-refractivity contribution is -0.138. The summed E-state index contributed by atoms with van der Waals surface area (Å²) in [6, 6.07) is 12.9. The highest BCUT2D eigenvalue weighted by Gasteiger charge is 2.44. The number of nitriles is 1. The molecule has 2 atom stereocenters. The molecule has 4 rings (SSSR count). The van der Waals surface area contributed by atoms with E-state index in [0.29, 0.717) is 18.0 Å². The van der Waals surface area contributed by atoms with Gasteiger partial charge in [0.2, 0.25) is 0 Å². The summed E-state index contributed by atoms with van der Waals surface area (Å²) in [5, 5.41) is 25.9. The van der Waals surface area contributed by atoms with E-state index in [0.717, 1.165) is 21.7 Å². The Kier molecular flexibility index (Phi) is 6.33. The molecule has 0 radical (unpaired) electrons. The van der Waals surface area contributed by atoms with Gasteiger partial charge in [-0.25, -0.2) is 8.78 Å². The maximum atomic E-state index is 12.9. The minimum absolute atomic E-state index is 0.0633. The lowest BCUT2D eigenvalue weighted by atomic mass is 10.0. The predicted octanol–water partition coefficient (Wildman–Crippen LogP) is 4.61. The molecule has 32 heavy (non-hydrogen) atoms. The molecule has 6 nitrogen and oxygen atoms in total. The fourth-order valence-electron chi connectivity index (χ4n) is 3.77. The number of carboxylic acid groups (broad SMARTS) is 1. The number of nitrogens with zero attached hydrogens (tertiary/aromatic N) is 3. The summed E-state index contributed by atoms with van der Waals surface area (Å²) in [6.07, 6.45) is -0.587. The van der Waals surface area contributed by atoms with Gasteiger partial charge in [0.1, 0.15) is 35.8 Å². The summed E-state index contributed by atoms with van der Waals surface area (Å²) in [5.74, 6) is -0.409. The smallest absolute Gasteiger partial charge is 0.307 e. The summed E-state index contributed by atoms with van der Waals surface area (Å²) < 4.78 is 31.1. The molecule has 166 valence electrons. The number of halogens is 2. The van der Waals surface area contributed by atoms with Crippen LogP contribution in [0.15, 0.2) is 41.5 Å². The van der Waals surface area contributed by atoms with Crippen molar-refractivity contribution in [1.82, 2.24) is 0 Å². The van der Waals surface area contributed by atoms with Gasteiger partial charge >= 0.3 is 5.97 Å². The molecule has 2 aliphatic rings. The molecule has 1 aliphatic heterocycles. The third kappa shape index (κ3) is 4.28. The van der Waals surface area contributed by atoms with Gasteiger partial charge < -0.3 is 9.84 Å². The third-order valence-corrected chi connectivity index (χ3v) is 6.53. The minimum atomic E-state index is -1.25. The molecule has 0 spiro atoms. The summed E-state index contributed by atoms with van der Waals surface area (Å²) in [5.41, 5.74) is 3.63. The van der Waals surface area contributed by atoms with Gasteiger partial charge in [-0.05, 0) is 42.5 Å². The van der Waals surface area contributed by atoms with Crippen molar-refractivity contribution in [3.05, 3.63) is 58.7 Å². The van der Waals surface area contributed by atoms with Crippen molar-refractivity contribution < 1.29 is 23.4 Å². The quantitative estimate of drug-likeness (QED) is 0.623. The number of aryl methyl sites for hydroxylation is 1. The standard InChI is InChI=1S/C23H21F2N3O3S/c1-13-7-14(17-8-18(17)23(29)30)5-6-16(13)22-27-28(12-32-22)20-3-2-4-21(19(20)11-26)31-15(9-24)10-25/h2-7,15,17-18H,8-10,12H2,1H3,(H,29,30). The number of hydrogen-bond acceptors (Lipinski definition) is 6. The van der Waals surface area contributed by atoms with Crippen LogP contribution in [-0.4, -0.2) is 41.4 Å². The summed E-state index contributed by atoms with van der Waals surface area (Å²) in [6.45, 7) is -0.0143. The van der Waals surface area contributed by atoms with E-state index in [-0.39, 0.29) is 23.1 Å². The van der Waals surface area contributed by atoms with Gasteiger partial charge in [0.05, 0.1) is 17.5 Å². The van der Waals surface area contributed by atoms with Gasteiger partial charge in [-0.2, -0.15) is 10.4 Å². The van der Waals surface area contributed by atoms with Crippen LogP contribution in [0.25, 0.3) is 0 Å². The van der Waals surface area contributed by atoms with E-state index in [1.165, 1.54) is 17.8 Å². The molecule has 2 unspecified atom stereocenters. The first-order chi connectivity index (χ1) is 15.5. The second kappa shape index (κ2) is 9.17. The molecule has 1 aliphatic carbocycles. The molecule has 2 aromatic rings. The largest absolute Gasteiger partial charge is 0.483 e. The number of alkyl halides is 2. The number of rotatable bonds is 8. The second-order valence-corrected chi connectivity index (χ2v) is 8.68. The van der Waals surface area contributed by atoms with Crippen LogP contribution in [0.2, 0.25) is 0 Å².